The molecule has 6 nitrogen and oxygen atoms in total. The summed E-state index contributed by atoms with van der Waals surface area (Å²) >= 11 is 0. The Labute approximate surface area is 239 Å². The third-order valence-electron chi connectivity index (χ3n) is 12.5. The Hall–Kier alpha value is 0.0300. The molecule has 4 aliphatic rings. The highest BCUT2D eigenvalue weighted by Crippen LogP contribution is 2.70. The van der Waals surface area contributed by atoms with Crippen LogP contribution in [-0.2, 0) is 27.8 Å². The maximum atomic E-state index is 12.6. The molecule has 0 bridgehead atoms. The van der Waals surface area contributed by atoms with Crippen molar-refractivity contribution in [3.63, 3.8) is 0 Å². The Morgan fingerprint density at radius 3 is 2.23 bits per heavy atom. The van der Waals surface area contributed by atoms with Gasteiger partial charge in [0, 0.05) is 27.9 Å². The fraction of sp³-hybridized carbons (Fsp3) is 1.00. The van der Waals surface area contributed by atoms with Crippen molar-refractivity contribution in [2.45, 2.75) is 111 Å². The molecule has 3 unspecified atom stereocenters. The molecule has 0 amide bonds. The van der Waals surface area contributed by atoms with Gasteiger partial charge in [0.05, 0.1) is 18.4 Å². The zero-order valence-corrected chi connectivity index (χ0v) is 27.2. The standard InChI is InChI=1S/C32H59O6P/c1-9-24-28-20-23(37-10-2)15-17-32(28,5)27-16-18-31(4)25(22(3)12-11-19-39(33,35-7)36-8)13-14-26(31)29(27)30(24)38-21-34-6/h22-30H,9-21H2,1-8H3/t22-,23-,24-,25-,26?,27?,28+,29?,30-,31-,32-/m1/s1. The van der Waals surface area contributed by atoms with Crippen molar-refractivity contribution in [1.29, 1.82) is 0 Å². The lowest BCUT2D eigenvalue weighted by Gasteiger charge is -2.65. The van der Waals surface area contributed by atoms with E-state index in [2.05, 4.69) is 34.6 Å². The number of rotatable bonds is 13. The highest BCUT2D eigenvalue weighted by atomic mass is 31.2. The first kappa shape index (κ1) is 32.0. The Kier molecular flexibility index (Phi) is 10.8. The lowest BCUT2D eigenvalue weighted by molar-refractivity contribution is -0.236. The van der Waals surface area contributed by atoms with E-state index in [4.69, 9.17) is 23.3 Å². The minimum Gasteiger partial charge on any atom is -0.378 e. The molecule has 0 N–H and O–H groups in total. The van der Waals surface area contributed by atoms with Gasteiger partial charge in [-0.1, -0.05) is 34.1 Å². The lowest BCUT2D eigenvalue weighted by Crippen LogP contribution is -2.62. The first-order valence-corrected chi connectivity index (χ1v) is 17.8. The SMILES string of the molecule is CCO[C@@H]1CC[C@]2(C)C3CC[C@@]4(C)C(CC[C@@H]4[C@H](C)CCCP(=O)(OC)OC)C3[C@H](OCOC)[C@H](CC)[C@@H]2C1. The average molecular weight is 571 g/mol. The van der Waals surface area contributed by atoms with Crippen LogP contribution >= 0.6 is 7.60 Å². The molecule has 0 aliphatic heterocycles. The zero-order valence-electron chi connectivity index (χ0n) is 26.3. The van der Waals surface area contributed by atoms with E-state index in [-0.39, 0.29) is 6.10 Å². The molecule has 228 valence electrons. The topological polar surface area (TPSA) is 63.2 Å². The summed E-state index contributed by atoms with van der Waals surface area (Å²) in [7, 11) is 1.83. The van der Waals surface area contributed by atoms with Gasteiger partial charge in [-0.3, -0.25) is 4.57 Å². The third kappa shape index (κ3) is 5.96. The Bertz CT molecular complexity index is 829. The lowest BCUT2D eigenvalue weighted by atomic mass is 9.41. The number of hydrogen-bond acceptors (Lipinski definition) is 6. The van der Waals surface area contributed by atoms with Crippen LogP contribution in [0.2, 0.25) is 0 Å². The van der Waals surface area contributed by atoms with Crippen molar-refractivity contribution in [2.24, 2.45) is 52.3 Å². The van der Waals surface area contributed by atoms with E-state index < -0.39 is 7.60 Å². The second-order valence-electron chi connectivity index (χ2n) is 13.9. The van der Waals surface area contributed by atoms with E-state index in [1.807, 2.05) is 0 Å². The van der Waals surface area contributed by atoms with Crippen LogP contribution in [-0.4, -0.2) is 53.1 Å². The molecule has 39 heavy (non-hydrogen) atoms. The smallest absolute Gasteiger partial charge is 0.330 e. The third-order valence-corrected chi connectivity index (χ3v) is 14.5. The molecule has 0 aromatic heterocycles. The van der Waals surface area contributed by atoms with Gasteiger partial charge >= 0.3 is 7.60 Å². The van der Waals surface area contributed by atoms with Crippen LogP contribution in [0, 0.1) is 52.3 Å². The van der Waals surface area contributed by atoms with Crippen molar-refractivity contribution in [3.8, 4) is 0 Å². The van der Waals surface area contributed by atoms with E-state index in [0.717, 1.165) is 25.4 Å². The van der Waals surface area contributed by atoms with Gasteiger partial charge in [0.1, 0.15) is 6.79 Å². The summed E-state index contributed by atoms with van der Waals surface area (Å²) in [5, 5.41) is 0. The molecular formula is C32H59O6P. The van der Waals surface area contributed by atoms with Gasteiger partial charge < -0.3 is 23.3 Å². The van der Waals surface area contributed by atoms with E-state index in [0.29, 0.717) is 65.4 Å². The summed E-state index contributed by atoms with van der Waals surface area (Å²) in [6.07, 6.45) is 13.3. The first-order valence-electron chi connectivity index (χ1n) is 16.0. The summed E-state index contributed by atoms with van der Waals surface area (Å²) in [6.45, 7) is 13.4. The normalized spacial score (nSPS) is 43.0. The molecule has 0 aromatic carbocycles. The van der Waals surface area contributed by atoms with Crippen LogP contribution in [0.15, 0.2) is 0 Å². The second-order valence-corrected chi connectivity index (χ2v) is 16.3. The van der Waals surface area contributed by atoms with Crippen molar-refractivity contribution in [3.05, 3.63) is 0 Å². The molecule has 11 atom stereocenters. The van der Waals surface area contributed by atoms with Gasteiger partial charge in [-0.05, 0) is 117 Å². The molecule has 0 saturated heterocycles. The molecule has 0 radical (unpaired) electrons. The number of hydrogen-bond donors (Lipinski definition) is 0. The van der Waals surface area contributed by atoms with Crippen LogP contribution in [0.25, 0.3) is 0 Å². The van der Waals surface area contributed by atoms with E-state index >= 15 is 0 Å². The average Bonchev–Trinajstić information content (AvgIpc) is 3.29. The minimum absolute atomic E-state index is 0.270. The fourth-order valence-corrected chi connectivity index (χ4v) is 11.8. The van der Waals surface area contributed by atoms with Gasteiger partial charge in [-0.2, -0.15) is 0 Å². The molecule has 4 rings (SSSR count). The van der Waals surface area contributed by atoms with Crippen LogP contribution in [0.3, 0.4) is 0 Å². The maximum absolute atomic E-state index is 12.6. The summed E-state index contributed by atoms with van der Waals surface area (Å²) in [6, 6.07) is 0. The van der Waals surface area contributed by atoms with Gasteiger partial charge in [0.2, 0.25) is 0 Å². The molecule has 4 saturated carbocycles. The van der Waals surface area contributed by atoms with Crippen LogP contribution in [0.1, 0.15) is 98.8 Å². The highest BCUT2D eigenvalue weighted by molar-refractivity contribution is 7.53. The summed E-state index contributed by atoms with van der Waals surface area (Å²) in [5.41, 5.74) is 0.712. The Morgan fingerprint density at radius 2 is 1.59 bits per heavy atom. The van der Waals surface area contributed by atoms with Crippen molar-refractivity contribution >= 4 is 7.60 Å². The van der Waals surface area contributed by atoms with Gasteiger partial charge in [0.25, 0.3) is 0 Å². The van der Waals surface area contributed by atoms with E-state index in [1.54, 1.807) is 7.11 Å². The van der Waals surface area contributed by atoms with Crippen LogP contribution < -0.4 is 0 Å². The molecule has 0 spiro atoms. The summed E-state index contributed by atoms with van der Waals surface area (Å²) in [4.78, 5) is 0. The van der Waals surface area contributed by atoms with Crippen molar-refractivity contribution < 1.29 is 27.8 Å². The van der Waals surface area contributed by atoms with Gasteiger partial charge in [-0.15, -0.1) is 0 Å². The number of ether oxygens (including phenoxy) is 3. The van der Waals surface area contributed by atoms with E-state index in [9.17, 15) is 4.57 Å². The molecule has 7 heteroatoms. The number of methoxy groups -OCH3 is 1. The monoisotopic (exact) mass is 570 g/mol. The van der Waals surface area contributed by atoms with Gasteiger partial charge in [0.15, 0.2) is 0 Å². The van der Waals surface area contributed by atoms with E-state index in [1.165, 1.54) is 65.6 Å². The largest absolute Gasteiger partial charge is 0.378 e. The maximum Gasteiger partial charge on any atom is 0.330 e. The molecule has 0 heterocycles. The first-order chi connectivity index (χ1) is 18.6. The van der Waals surface area contributed by atoms with Crippen molar-refractivity contribution in [1.82, 2.24) is 0 Å². The van der Waals surface area contributed by atoms with Crippen molar-refractivity contribution in [2.75, 3.05) is 40.9 Å². The fourth-order valence-electron chi connectivity index (χ4n) is 10.7. The Balaban J connectivity index is 1.57. The van der Waals surface area contributed by atoms with Crippen LogP contribution in [0.4, 0.5) is 0 Å². The molecule has 4 fully saturated rings. The Morgan fingerprint density at radius 1 is 0.897 bits per heavy atom. The molecular weight excluding hydrogens is 511 g/mol. The number of fused-ring (bicyclic) bond motifs is 5. The highest BCUT2D eigenvalue weighted by Gasteiger charge is 2.65. The van der Waals surface area contributed by atoms with Crippen LogP contribution in [0.5, 0.6) is 0 Å². The van der Waals surface area contributed by atoms with Gasteiger partial charge in [-0.25, -0.2) is 0 Å². The summed E-state index contributed by atoms with van der Waals surface area (Å²) in [5.74, 6) is 4.55. The molecule has 0 aromatic rings. The molecule has 4 aliphatic carbocycles. The summed E-state index contributed by atoms with van der Waals surface area (Å²) < 4.78 is 41.5. The predicted octanol–water partition coefficient (Wildman–Crippen LogP) is 8.19. The zero-order chi connectivity index (χ0) is 28.4. The minimum atomic E-state index is -2.93. The quantitative estimate of drug-likeness (QED) is 0.164. The predicted molar refractivity (Wildman–Crippen MR) is 157 cm³/mol. The second kappa shape index (κ2) is 13.1.